The smallest absolute Gasteiger partial charge is 0.319 e. The number of nitrogens with one attached hydrogen (secondary N) is 2. The third-order valence-corrected chi connectivity index (χ3v) is 4.76. The van der Waals surface area contributed by atoms with E-state index in [-0.39, 0.29) is 17.9 Å². The highest BCUT2D eigenvalue weighted by atomic mass is 19.1. The molecule has 144 valence electrons. The Labute approximate surface area is 162 Å². The zero-order valence-electron chi connectivity index (χ0n) is 15.3. The Morgan fingerprint density at radius 2 is 1.96 bits per heavy atom. The molecule has 2 amide bonds. The highest BCUT2D eigenvalue weighted by Crippen LogP contribution is 2.23. The molecule has 3 aromatic rings. The Balaban J connectivity index is 1.34. The largest absolute Gasteiger partial charge is 0.367 e. The van der Waals surface area contributed by atoms with Crippen LogP contribution in [0.25, 0.3) is 5.69 Å². The third kappa shape index (κ3) is 4.11. The molecule has 0 radical (unpaired) electrons. The fraction of sp³-hybridized carbons (Fsp3) is 0.250. The zero-order valence-corrected chi connectivity index (χ0v) is 15.3. The summed E-state index contributed by atoms with van der Waals surface area (Å²) in [4.78, 5) is 14.3. The van der Waals surface area contributed by atoms with Crippen LogP contribution in [0.4, 0.5) is 20.6 Å². The third-order valence-electron chi connectivity index (χ3n) is 4.76. The van der Waals surface area contributed by atoms with E-state index < -0.39 is 0 Å². The number of urea groups is 1. The number of amides is 2. The molecule has 1 aromatic heterocycles. The van der Waals surface area contributed by atoms with E-state index in [1.54, 1.807) is 29.2 Å². The standard InChI is InChI=1S/C20H21FN6O/c21-18-5-1-2-6-19(18)26-12-3-4-16(14-26)24-20(28)23-15-7-9-17(10-8-15)27-13-11-22-25-27/h1-2,5-11,13,16H,3-4,12,14H2,(H2,23,24,28). The van der Waals surface area contributed by atoms with Gasteiger partial charge < -0.3 is 15.5 Å². The summed E-state index contributed by atoms with van der Waals surface area (Å²) in [6.45, 7) is 1.37. The first-order chi connectivity index (χ1) is 13.7. The van der Waals surface area contributed by atoms with E-state index in [1.165, 1.54) is 6.07 Å². The van der Waals surface area contributed by atoms with Crippen molar-refractivity contribution in [2.24, 2.45) is 0 Å². The molecule has 1 aliphatic rings. The molecule has 4 rings (SSSR count). The van der Waals surface area contributed by atoms with Gasteiger partial charge >= 0.3 is 6.03 Å². The maximum absolute atomic E-state index is 14.0. The van der Waals surface area contributed by atoms with Crippen LogP contribution in [0, 0.1) is 5.82 Å². The maximum atomic E-state index is 14.0. The molecule has 1 saturated heterocycles. The van der Waals surface area contributed by atoms with Gasteiger partial charge in [-0.3, -0.25) is 0 Å². The maximum Gasteiger partial charge on any atom is 0.319 e. The molecule has 2 N–H and O–H groups in total. The predicted molar refractivity (Wildman–Crippen MR) is 105 cm³/mol. The molecule has 0 spiro atoms. The number of carbonyl (C=O) groups is 1. The lowest BCUT2D eigenvalue weighted by atomic mass is 10.0. The lowest BCUT2D eigenvalue weighted by Crippen LogP contribution is -2.49. The molecule has 7 nitrogen and oxygen atoms in total. The molecule has 1 atom stereocenters. The highest BCUT2D eigenvalue weighted by molar-refractivity contribution is 5.89. The Morgan fingerprint density at radius 1 is 1.14 bits per heavy atom. The van der Waals surface area contributed by atoms with Crippen molar-refractivity contribution in [1.82, 2.24) is 20.3 Å². The first-order valence-corrected chi connectivity index (χ1v) is 9.23. The van der Waals surface area contributed by atoms with E-state index in [1.807, 2.05) is 35.2 Å². The number of nitrogens with zero attached hydrogens (tertiary/aromatic N) is 4. The number of carbonyl (C=O) groups excluding carboxylic acids is 1. The summed E-state index contributed by atoms with van der Waals surface area (Å²) in [5.74, 6) is -0.236. The van der Waals surface area contributed by atoms with Gasteiger partial charge in [0.25, 0.3) is 0 Å². The molecule has 8 heteroatoms. The summed E-state index contributed by atoms with van der Waals surface area (Å²) >= 11 is 0. The Kier molecular flexibility index (Phi) is 5.18. The van der Waals surface area contributed by atoms with Gasteiger partial charge in [-0.1, -0.05) is 17.3 Å². The fourth-order valence-electron chi connectivity index (χ4n) is 3.42. The normalized spacial score (nSPS) is 16.6. The lowest BCUT2D eigenvalue weighted by molar-refractivity contribution is 0.246. The van der Waals surface area contributed by atoms with Crippen LogP contribution in [0.3, 0.4) is 0 Å². The fourth-order valence-corrected chi connectivity index (χ4v) is 3.42. The number of rotatable bonds is 4. The molecule has 1 aliphatic heterocycles. The van der Waals surface area contributed by atoms with Crippen molar-refractivity contribution >= 4 is 17.4 Å². The van der Waals surface area contributed by atoms with Gasteiger partial charge in [-0.25, -0.2) is 13.9 Å². The molecule has 0 aliphatic carbocycles. The van der Waals surface area contributed by atoms with Crippen LogP contribution < -0.4 is 15.5 Å². The van der Waals surface area contributed by atoms with Crippen molar-refractivity contribution in [2.75, 3.05) is 23.3 Å². The number of hydrogen-bond donors (Lipinski definition) is 2. The minimum atomic E-state index is -0.270. The first kappa shape index (κ1) is 18.0. The molecule has 2 aromatic carbocycles. The van der Waals surface area contributed by atoms with Crippen LogP contribution in [0.1, 0.15) is 12.8 Å². The molecule has 1 unspecified atom stereocenters. The zero-order chi connectivity index (χ0) is 19.3. The molecule has 0 bridgehead atoms. The first-order valence-electron chi connectivity index (χ1n) is 9.23. The number of anilines is 2. The summed E-state index contributed by atoms with van der Waals surface area (Å²) in [5.41, 5.74) is 2.12. The van der Waals surface area contributed by atoms with Crippen molar-refractivity contribution in [1.29, 1.82) is 0 Å². The average molecular weight is 380 g/mol. The van der Waals surface area contributed by atoms with E-state index in [0.29, 0.717) is 17.9 Å². The number of benzene rings is 2. The van der Waals surface area contributed by atoms with E-state index in [9.17, 15) is 9.18 Å². The number of para-hydroxylation sites is 1. The van der Waals surface area contributed by atoms with Crippen molar-refractivity contribution in [2.45, 2.75) is 18.9 Å². The van der Waals surface area contributed by atoms with Crippen molar-refractivity contribution < 1.29 is 9.18 Å². The molecule has 1 fully saturated rings. The second kappa shape index (κ2) is 8.08. The number of piperidine rings is 1. The summed E-state index contributed by atoms with van der Waals surface area (Å²) in [5, 5.41) is 13.5. The van der Waals surface area contributed by atoms with Crippen LogP contribution >= 0.6 is 0 Å². The number of halogens is 1. The Morgan fingerprint density at radius 3 is 2.71 bits per heavy atom. The number of aromatic nitrogens is 3. The van der Waals surface area contributed by atoms with Gasteiger partial charge in [0, 0.05) is 24.8 Å². The van der Waals surface area contributed by atoms with E-state index >= 15 is 0 Å². The van der Waals surface area contributed by atoms with Gasteiger partial charge in [0.1, 0.15) is 5.82 Å². The molecule has 2 heterocycles. The van der Waals surface area contributed by atoms with Crippen LogP contribution in [0.2, 0.25) is 0 Å². The van der Waals surface area contributed by atoms with Crippen LogP contribution in [0.15, 0.2) is 60.9 Å². The van der Waals surface area contributed by atoms with E-state index in [4.69, 9.17) is 0 Å². The van der Waals surface area contributed by atoms with Gasteiger partial charge in [-0.05, 0) is 49.2 Å². The molecular weight excluding hydrogens is 359 g/mol. The molecule has 0 saturated carbocycles. The summed E-state index contributed by atoms with van der Waals surface area (Å²) in [6.07, 6.45) is 5.11. The van der Waals surface area contributed by atoms with Gasteiger partial charge in [0.2, 0.25) is 0 Å². The summed E-state index contributed by atoms with van der Waals surface area (Å²) < 4.78 is 15.7. The predicted octanol–water partition coefficient (Wildman–Crippen LogP) is 3.20. The van der Waals surface area contributed by atoms with E-state index in [2.05, 4.69) is 20.9 Å². The van der Waals surface area contributed by atoms with E-state index in [0.717, 1.165) is 25.1 Å². The van der Waals surface area contributed by atoms with Gasteiger partial charge in [0.05, 0.1) is 23.8 Å². The second-order valence-corrected chi connectivity index (χ2v) is 6.73. The SMILES string of the molecule is O=C(Nc1ccc(-n2ccnn2)cc1)NC1CCCN(c2ccccc2F)C1. The topological polar surface area (TPSA) is 75.1 Å². The number of hydrogen-bond acceptors (Lipinski definition) is 4. The highest BCUT2D eigenvalue weighted by Gasteiger charge is 2.23. The minimum Gasteiger partial charge on any atom is -0.367 e. The van der Waals surface area contributed by atoms with Crippen LogP contribution in [-0.2, 0) is 0 Å². The summed E-state index contributed by atoms with van der Waals surface area (Å²) in [7, 11) is 0. The van der Waals surface area contributed by atoms with Crippen molar-refractivity contribution in [3.8, 4) is 5.69 Å². The lowest BCUT2D eigenvalue weighted by Gasteiger charge is -2.34. The minimum absolute atomic E-state index is 0.0391. The second-order valence-electron chi connectivity index (χ2n) is 6.73. The summed E-state index contributed by atoms with van der Waals surface area (Å²) in [6, 6.07) is 13.8. The van der Waals surface area contributed by atoms with Crippen LogP contribution in [0.5, 0.6) is 0 Å². The quantitative estimate of drug-likeness (QED) is 0.729. The van der Waals surface area contributed by atoms with Crippen molar-refractivity contribution in [3.05, 3.63) is 66.7 Å². The van der Waals surface area contributed by atoms with Crippen molar-refractivity contribution in [3.63, 3.8) is 0 Å². The molecular formula is C20H21FN6O. The Hall–Kier alpha value is -3.42. The van der Waals surface area contributed by atoms with Gasteiger partial charge in [-0.2, -0.15) is 0 Å². The monoisotopic (exact) mass is 380 g/mol. The Bertz CT molecular complexity index is 928. The van der Waals surface area contributed by atoms with Gasteiger partial charge in [0.15, 0.2) is 0 Å². The molecule has 28 heavy (non-hydrogen) atoms. The van der Waals surface area contributed by atoms with Gasteiger partial charge in [-0.15, -0.1) is 5.10 Å². The van der Waals surface area contributed by atoms with Crippen LogP contribution in [-0.4, -0.2) is 40.2 Å². The average Bonchev–Trinajstić information content (AvgIpc) is 3.24.